The lowest BCUT2D eigenvalue weighted by molar-refractivity contribution is -0.869. The molecule has 3 heterocycles. The van der Waals surface area contributed by atoms with Crippen molar-refractivity contribution in [2.24, 2.45) is 11.5 Å². The van der Waals surface area contributed by atoms with Crippen molar-refractivity contribution in [1.82, 2.24) is 9.97 Å². The van der Waals surface area contributed by atoms with Crippen molar-refractivity contribution >= 4 is 49.1 Å². The summed E-state index contributed by atoms with van der Waals surface area (Å²) in [5, 5.41) is 29.6. The van der Waals surface area contributed by atoms with Crippen molar-refractivity contribution in [3.05, 3.63) is 87.2 Å². The van der Waals surface area contributed by atoms with Gasteiger partial charge in [0, 0.05) is 17.0 Å². The molecule has 1 aliphatic rings. The minimum atomic E-state index is -1.11. The van der Waals surface area contributed by atoms with Crippen LogP contribution < -0.4 is 31.3 Å². The molecular weight excluding hydrogens is 718 g/mol. The first kappa shape index (κ1) is 42.7. The number of carboxylic acids is 1. The van der Waals surface area contributed by atoms with E-state index >= 15 is 0 Å². The molecular formula is C38H51FN7O5S2+. The molecule has 0 saturated carbocycles. The van der Waals surface area contributed by atoms with Crippen molar-refractivity contribution < 1.29 is 34.1 Å². The summed E-state index contributed by atoms with van der Waals surface area (Å²) in [4.78, 5) is 24.9. The molecule has 2 aromatic heterocycles. The molecule has 12 nitrogen and oxygen atoms in total. The second-order valence-corrected chi connectivity index (χ2v) is 13.8. The maximum absolute atomic E-state index is 14.6. The van der Waals surface area contributed by atoms with Crippen molar-refractivity contribution in [3.63, 3.8) is 0 Å². The standard InChI is InChI=1S/C34H38FN7O3S2.C2H6O2.C2H6/c1-4-41(3)17-7-10-22-15-16-26(24(35)20-22)45-19-9-14-28-29(32(43)44)39-34(47-28)42-18-8-11-23(31(42)37)21(2)30(36)40-33-38-25-12-5-6-13-27(25)46-33;3-1-2-4;1-2/h5-6,12-13,15-16,20H,4,8-9,11,14,17-19,36-37H2,1-3H3,(H,38,40)(H,43,44);3-4H,1-2H2;1-2H3/p+1/b30-21+;;. The third-order valence-electron chi connectivity index (χ3n) is 7.98. The Morgan fingerprint density at radius 3 is 2.55 bits per heavy atom. The summed E-state index contributed by atoms with van der Waals surface area (Å²) >= 11 is 2.81. The number of thiazole rings is 2. The van der Waals surface area contributed by atoms with E-state index in [0.29, 0.717) is 58.3 Å². The fraction of sp³-hybridized carbons (Fsp3) is 0.395. The van der Waals surface area contributed by atoms with Gasteiger partial charge in [0.05, 0.1) is 43.6 Å². The number of aliphatic hydroxyl groups is 2. The predicted molar refractivity (Wildman–Crippen MR) is 212 cm³/mol. The molecule has 9 N–H and O–H groups in total. The van der Waals surface area contributed by atoms with Crippen LogP contribution in [0.15, 0.2) is 65.3 Å². The number of aryl methyl sites for hydroxylation is 1. The van der Waals surface area contributed by atoms with Gasteiger partial charge < -0.3 is 46.6 Å². The largest absolute Gasteiger partial charge is 0.491 e. The van der Waals surface area contributed by atoms with E-state index in [1.807, 2.05) is 49.9 Å². The maximum Gasteiger partial charge on any atom is 0.355 e. The Hall–Kier alpha value is -4.72. The van der Waals surface area contributed by atoms with Crippen LogP contribution in [0.4, 0.5) is 14.7 Å². The van der Waals surface area contributed by atoms with Gasteiger partial charge in [-0.3, -0.25) is 0 Å². The number of fused-ring (bicyclic) bond motifs is 1. The monoisotopic (exact) mass is 768 g/mol. The summed E-state index contributed by atoms with van der Waals surface area (Å²) in [6.45, 7) is 10.2. The lowest BCUT2D eigenvalue weighted by atomic mass is 9.99. The summed E-state index contributed by atoms with van der Waals surface area (Å²) < 4.78 is 21.4. The number of nitrogens with zero attached hydrogens (tertiary/aromatic N) is 3. The zero-order valence-electron chi connectivity index (χ0n) is 31.0. The molecule has 0 radical (unpaired) electrons. The Bertz CT molecular complexity index is 1900. The van der Waals surface area contributed by atoms with Crippen LogP contribution in [0.2, 0.25) is 0 Å². The van der Waals surface area contributed by atoms with Gasteiger partial charge in [-0.05, 0) is 86.9 Å². The fourth-order valence-corrected chi connectivity index (χ4v) is 7.04. The SMILES string of the molecule is CC.CC[NH+](C)CC#Cc1ccc(OCCCc2sc(N3CCCC(/C(C)=C(\N)Nc4nc5ccccc5s4)=C3N)nc2C(=O)O)c(F)c1.OCCO. The summed E-state index contributed by atoms with van der Waals surface area (Å²) in [5.74, 6) is 5.53. The van der Waals surface area contributed by atoms with E-state index in [0.717, 1.165) is 40.7 Å². The third kappa shape index (κ3) is 12.2. The van der Waals surface area contributed by atoms with E-state index in [2.05, 4.69) is 41.1 Å². The fourth-order valence-electron chi connectivity index (χ4n) is 5.02. The van der Waals surface area contributed by atoms with E-state index in [1.165, 1.54) is 33.6 Å². The van der Waals surface area contributed by atoms with Gasteiger partial charge in [0.15, 0.2) is 27.5 Å². The highest BCUT2D eigenvalue weighted by Crippen LogP contribution is 2.35. The normalized spacial score (nSPS) is 13.5. The first-order valence-corrected chi connectivity index (χ1v) is 19.2. The van der Waals surface area contributed by atoms with Gasteiger partial charge in [-0.2, -0.15) is 0 Å². The highest BCUT2D eigenvalue weighted by molar-refractivity contribution is 7.22. The predicted octanol–water partition coefficient (Wildman–Crippen LogP) is 4.56. The van der Waals surface area contributed by atoms with Gasteiger partial charge in [-0.15, -0.1) is 11.3 Å². The van der Waals surface area contributed by atoms with E-state index in [4.69, 9.17) is 26.4 Å². The lowest BCUT2D eigenvalue weighted by Crippen LogP contribution is -3.08. The van der Waals surface area contributed by atoms with Crippen molar-refractivity contribution in [2.75, 3.05) is 56.7 Å². The quantitative estimate of drug-likeness (QED) is 0.0748. The van der Waals surface area contributed by atoms with Crippen molar-refractivity contribution in [3.8, 4) is 17.6 Å². The van der Waals surface area contributed by atoms with Gasteiger partial charge in [0.1, 0.15) is 18.2 Å². The number of aromatic nitrogens is 2. The first-order valence-electron chi connectivity index (χ1n) is 17.6. The molecule has 0 saturated heterocycles. The zero-order chi connectivity index (χ0) is 38.9. The van der Waals surface area contributed by atoms with Crippen LogP contribution in [0.5, 0.6) is 5.75 Å². The van der Waals surface area contributed by atoms with Gasteiger partial charge in [-0.25, -0.2) is 19.2 Å². The molecule has 0 bridgehead atoms. The molecule has 0 amide bonds. The zero-order valence-corrected chi connectivity index (χ0v) is 32.6. The number of aliphatic hydroxyl groups excluding tert-OH is 2. The van der Waals surface area contributed by atoms with Crippen LogP contribution in [-0.2, 0) is 6.42 Å². The van der Waals surface area contributed by atoms with Gasteiger partial charge >= 0.3 is 5.97 Å². The number of carbonyl (C=O) groups is 1. The van der Waals surface area contributed by atoms with Crippen LogP contribution in [0.3, 0.4) is 0 Å². The van der Waals surface area contributed by atoms with Crippen LogP contribution in [0.1, 0.15) is 67.9 Å². The van der Waals surface area contributed by atoms with E-state index in [1.54, 1.807) is 12.1 Å². The third-order valence-corrected chi connectivity index (χ3v) is 10.1. The molecule has 286 valence electrons. The lowest BCUT2D eigenvalue weighted by Gasteiger charge is -2.30. The van der Waals surface area contributed by atoms with E-state index < -0.39 is 11.8 Å². The average molecular weight is 769 g/mol. The molecule has 1 atom stereocenters. The number of para-hydroxylation sites is 1. The van der Waals surface area contributed by atoms with Crippen LogP contribution in [0.25, 0.3) is 10.2 Å². The number of hydrogen-bond acceptors (Lipinski definition) is 12. The second kappa shape index (κ2) is 21.7. The number of ether oxygens (including phenoxy) is 1. The second-order valence-electron chi connectivity index (χ2n) is 11.7. The summed E-state index contributed by atoms with van der Waals surface area (Å²) in [6.07, 6.45) is 2.39. The number of aromatic carboxylic acids is 1. The molecule has 15 heteroatoms. The van der Waals surface area contributed by atoms with E-state index in [-0.39, 0.29) is 31.3 Å². The van der Waals surface area contributed by atoms with Crippen LogP contribution in [0, 0.1) is 17.7 Å². The number of nitrogens with two attached hydrogens (primary N) is 2. The smallest absolute Gasteiger partial charge is 0.355 e. The molecule has 4 aromatic rings. The summed E-state index contributed by atoms with van der Waals surface area (Å²) in [7, 11) is 2.05. The Morgan fingerprint density at radius 2 is 1.89 bits per heavy atom. The number of allylic oxidation sites excluding steroid dienone is 2. The minimum Gasteiger partial charge on any atom is -0.491 e. The van der Waals surface area contributed by atoms with Gasteiger partial charge in [0.25, 0.3) is 0 Å². The highest BCUT2D eigenvalue weighted by atomic mass is 32.1. The molecule has 2 aromatic carbocycles. The molecule has 0 spiro atoms. The topological polar surface area (TPSA) is 185 Å². The summed E-state index contributed by atoms with van der Waals surface area (Å²) in [6, 6.07) is 12.5. The number of quaternary nitrogens is 1. The number of carboxylic acid groups (broad SMARTS) is 1. The molecule has 0 fully saturated rings. The molecule has 1 unspecified atom stereocenters. The number of nitrogens with one attached hydrogen (secondary N) is 2. The Kier molecular flexibility index (Phi) is 17.5. The highest BCUT2D eigenvalue weighted by Gasteiger charge is 2.26. The number of anilines is 2. The summed E-state index contributed by atoms with van der Waals surface area (Å²) in [5.41, 5.74) is 16.3. The maximum atomic E-state index is 14.6. The average Bonchev–Trinajstić information content (AvgIpc) is 3.79. The molecule has 1 aliphatic heterocycles. The van der Waals surface area contributed by atoms with Gasteiger partial charge in [0.2, 0.25) is 0 Å². The van der Waals surface area contributed by atoms with Gasteiger partial charge in [-0.1, -0.05) is 43.2 Å². The van der Waals surface area contributed by atoms with Crippen LogP contribution >= 0.6 is 22.7 Å². The first-order chi connectivity index (χ1) is 25.6. The molecule has 5 rings (SSSR count). The molecule has 53 heavy (non-hydrogen) atoms. The van der Waals surface area contributed by atoms with E-state index in [9.17, 15) is 14.3 Å². The van der Waals surface area contributed by atoms with Crippen LogP contribution in [-0.4, -0.2) is 77.8 Å². The number of rotatable bonds is 13. The number of halogens is 1. The van der Waals surface area contributed by atoms with Crippen molar-refractivity contribution in [1.29, 1.82) is 0 Å². The van der Waals surface area contributed by atoms with Crippen molar-refractivity contribution in [2.45, 2.75) is 53.4 Å². The molecule has 0 aliphatic carbocycles. The Labute approximate surface area is 318 Å². The number of benzene rings is 2. The Balaban J connectivity index is 0.00000118. The Morgan fingerprint density at radius 1 is 1.15 bits per heavy atom. The number of hydrogen-bond donors (Lipinski definition) is 7. The minimum absolute atomic E-state index is 0.0149.